The number of urea groups is 1. The van der Waals surface area contributed by atoms with Crippen LogP contribution in [0.3, 0.4) is 0 Å². The highest BCUT2D eigenvalue weighted by Crippen LogP contribution is 2.34. The summed E-state index contributed by atoms with van der Waals surface area (Å²) in [6.07, 6.45) is 1.58. The summed E-state index contributed by atoms with van der Waals surface area (Å²) >= 11 is 0.843. The Kier molecular flexibility index (Phi) is 6.89. The lowest BCUT2D eigenvalue weighted by Crippen LogP contribution is -2.36. The molecule has 2 unspecified atom stereocenters. The quantitative estimate of drug-likeness (QED) is 0.450. The summed E-state index contributed by atoms with van der Waals surface area (Å²) in [4.78, 5) is 50.1. The Bertz CT molecular complexity index is 1420. The van der Waals surface area contributed by atoms with Crippen LogP contribution in [0.5, 0.6) is 5.88 Å². The maximum absolute atomic E-state index is 12.8. The van der Waals surface area contributed by atoms with Gasteiger partial charge in [-0.1, -0.05) is 48.5 Å². The monoisotopic (exact) mass is 542 g/mol. The minimum atomic E-state index is -0.443. The molecule has 39 heavy (non-hydrogen) atoms. The first-order valence-corrected chi connectivity index (χ1v) is 13.5. The molecule has 3 aromatic rings. The molecule has 0 radical (unpaired) electrons. The normalized spacial score (nSPS) is 21.3. The molecule has 2 aromatic carbocycles. The lowest BCUT2D eigenvalue weighted by Gasteiger charge is -2.22. The van der Waals surface area contributed by atoms with Crippen molar-refractivity contribution in [2.45, 2.75) is 6.61 Å². The van der Waals surface area contributed by atoms with Gasteiger partial charge in [0.1, 0.15) is 6.61 Å². The zero-order valence-electron chi connectivity index (χ0n) is 20.9. The van der Waals surface area contributed by atoms with Gasteiger partial charge in [0, 0.05) is 49.8 Å². The first-order chi connectivity index (χ1) is 19.0. The van der Waals surface area contributed by atoms with Crippen molar-refractivity contribution in [3.8, 4) is 5.88 Å². The van der Waals surface area contributed by atoms with Gasteiger partial charge in [0.15, 0.2) is 0 Å². The van der Waals surface area contributed by atoms with Crippen LogP contribution in [0.15, 0.2) is 71.6 Å². The molecule has 1 aromatic heterocycles. The number of amides is 4. The second kappa shape index (κ2) is 10.8. The van der Waals surface area contributed by atoms with Gasteiger partial charge in [-0.05, 0) is 35.5 Å². The second-order valence-corrected chi connectivity index (χ2v) is 10.7. The van der Waals surface area contributed by atoms with Gasteiger partial charge in [0.25, 0.3) is 11.1 Å². The van der Waals surface area contributed by atoms with Crippen molar-refractivity contribution in [1.82, 2.24) is 20.2 Å². The Hall–Kier alpha value is -4.38. The van der Waals surface area contributed by atoms with Crippen LogP contribution in [0.2, 0.25) is 0 Å². The topological polar surface area (TPSA) is 117 Å². The number of nitrogens with one attached hydrogen (secondary N) is 2. The molecular weight excluding hydrogens is 516 g/mol. The van der Waals surface area contributed by atoms with Crippen molar-refractivity contribution in [3.63, 3.8) is 0 Å². The van der Waals surface area contributed by atoms with Crippen LogP contribution in [-0.4, -0.2) is 58.2 Å². The third-order valence-electron chi connectivity index (χ3n) is 6.94. The highest BCUT2D eigenvalue weighted by atomic mass is 32.2. The van der Waals surface area contributed by atoms with E-state index in [4.69, 9.17) is 9.72 Å². The second-order valence-electron chi connectivity index (χ2n) is 9.68. The Morgan fingerprint density at radius 3 is 2.36 bits per heavy atom. The van der Waals surface area contributed by atoms with Crippen molar-refractivity contribution in [2.24, 2.45) is 11.8 Å². The molecule has 4 heterocycles. The third kappa shape index (κ3) is 5.73. The number of likely N-dealkylation sites (tertiary alicyclic amines) is 1. The molecule has 198 valence electrons. The Morgan fingerprint density at radius 1 is 1.00 bits per heavy atom. The van der Waals surface area contributed by atoms with E-state index in [1.807, 2.05) is 65.6 Å². The number of hydrogen-bond acceptors (Lipinski definition) is 8. The number of ether oxygens (including phenoxy) is 1. The molecule has 10 nitrogen and oxygen atoms in total. The van der Waals surface area contributed by atoms with E-state index >= 15 is 0 Å². The van der Waals surface area contributed by atoms with Gasteiger partial charge in [-0.25, -0.2) is 9.78 Å². The highest BCUT2D eigenvalue weighted by Gasteiger charge is 2.42. The van der Waals surface area contributed by atoms with E-state index in [-0.39, 0.29) is 10.9 Å². The average Bonchev–Trinajstić information content (AvgIpc) is 3.61. The van der Waals surface area contributed by atoms with Crippen molar-refractivity contribution >= 4 is 46.7 Å². The zero-order chi connectivity index (χ0) is 26.8. The number of carbonyl (C=O) groups is 3. The summed E-state index contributed by atoms with van der Waals surface area (Å²) in [6, 6.07) is 20.8. The zero-order valence-corrected chi connectivity index (χ0v) is 21.8. The predicted molar refractivity (Wildman–Crippen MR) is 148 cm³/mol. The van der Waals surface area contributed by atoms with E-state index in [2.05, 4.69) is 20.5 Å². The molecular formula is C28H26N6O4S. The van der Waals surface area contributed by atoms with E-state index < -0.39 is 11.1 Å². The van der Waals surface area contributed by atoms with Gasteiger partial charge in [0.05, 0.1) is 10.6 Å². The summed E-state index contributed by atoms with van der Waals surface area (Å²) in [5, 5.41) is 4.83. The number of aromatic nitrogens is 2. The SMILES string of the molecule is O=C1NC(=O)/C(=C/c2cc(OCc3ccccc3)nc(N3CC4CN(C(=O)Nc5ccccc5)CC4C3)n2)S1. The number of thioether (sulfide) groups is 1. The number of carbonyl (C=O) groups excluding carboxylic acids is 3. The number of rotatable bonds is 6. The molecule has 0 aliphatic carbocycles. The fourth-order valence-electron chi connectivity index (χ4n) is 5.05. The van der Waals surface area contributed by atoms with E-state index in [9.17, 15) is 14.4 Å². The van der Waals surface area contributed by atoms with E-state index in [0.717, 1.165) is 23.0 Å². The van der Waals surface area contributed by atoms with Crippen LogP contribution in [0.25, 0.3) is 6.08 Å². The largest absolute Gasteiger partial charge is 0.473 e. The number of hydrogen-bond donors (Lipinski definition) is 2. The molecule has 3 saturated heterocycles. The average molecular weight is 543 g/mol. The highest BCUT2D eigenvalue weighted by molar-refractivity contribution is 8.18. The fourth-order valence-corrected chi connectivity index (χ4v) is 5.72. The van der Waals surface area contributed by atoms with Crippen molar-refractivity contribution in [3.05, 3.63) is 82.9 Å². The molecule has 2 N–H and O–H groups in total. The molecule has 3 aliphatic rings. The minimum Gasteiger partial charge on any atom is -0.473 e. The molecule has 0 saturated carbocycles. The van der Waals surface area contributed by atoms with Gasteiger partial charge >= 0.3 is 6.03 Å². The van der Waals surface area contributed by atoms with Gasteiger partial charge in [-0.2, -0.15) is 4.98 Å². The first kappa shape index (κ1) is 24.9. The van der Waals surface area contributed by atoms with Crippen LogP contribution in [0.1, 0.15) is 11.3 Å². The molecule has 11 heteroatoms. The molecule has 3 fully saturated rings. The standard InChI is InChI=1S/C28H26N6O4S/c35-25-23(39-28(37)32-25)11-22-12-24(38-17-18-7-3-1-4-8-18)31-26(29-22)33-13-19-15-34(16-20(19)14-33)27(36)30-21-9-5-2-6-10-21/h1-12,19-20H,13-17H2,(H,30,36)(H,32,35,37)/b23-11-. The number of benzene rings is 2. The first-order valence-electron chi connectivity index (χ1n) is 12.7. The van der Waals surface area contributed by atoms with Crippen molar-refractivity contribution in [1.29, 1.82) is 0 Å². The number of para-hydroxylation sites is 1. The number of fused-ring (bicyclic) bond motifs is 1. The number of nitrogens with zero attached hydrogens (tertiary/aromatic N) is 4. The van der Waals surface area contributed by atoms with Crippen LogP contribution in [0, 0.1) is 11.8 Å². The predicted octanol–water partition coefficient (Wildman–Crippen LogP) is 3.98. The van der Waals surface area contributed by atoms with Crippen molar-refractivity contribution < 1.29 is 19.1 Å². The lowest BCUT2D eigenvalue weighted by atomic mass is 10.0. The Labute approximate surface area is 229 Å². The van der Waals surface area contributed by atoms with Gasteiger partial charge in [-0.3, -0.25) is 14.9 Å². The van der Waals surface area contributed by atoms with E-state index in [1.165, 1.54) is 0 Å². The summed E-state index contributed by atoms with van der Waals surface area (Å²) in [7, 11) is 0. The molecule has 4 amide bonds. The molecule has 2 atom stereocenters. The van der Waals surface area contributed by atoms with Gasteiger partial charge in [-0.15, -0.1) is 0 Å². The van der Waals surface area contributed by atoms with Crippen LogP contribution >= 0.6 is 11.8 Å². The van der Waals surface area contributed by atoms with Crippen LogP contribution in [0.4, 0.5) is 21.2 Å². The van der Waals surface area contributed by atoms with Gasteiger partial charge < -0.3 is 19.9 Å². The maximum atomic E-state index is 12.8. The number of anilines is 2. The van der Waals surface area contributed by atoms with Crippen LogP contribution < -0.4 is 20.3 Å². The maximum Gasteiger partial charge on any atom is 0.321 e. The van der Waals surface area contributed by atoms with Crippen LogP contribution in [-0.2, 0) is 11.4 Å². The van der Waals surface area contributed by atoms with Crippen molar-refractivity contribution in [2.75, 3.05) is 36.4 Å². The smallest absolute Gasteiger partial charge is 0.321 e. The van der Waals surface area contributed by atoms with E-state index in [1.54, 1.807) is 12.1 Å². The van der Waals surface area contributed by atoms with E-state index in [0.29, 0.717) is 62.1 Å². The summed E-state index contributed by atoms with van der Waals surface area (Å²) in [6.45, 7) is 3.04. The number of imide groups is 1. The molecule has 0 bridgehead atoms. The Morgan fingerprint density at radius 2 is 1.69 bits per heavy atom. The fraction of sp³-hybridized carbons (Fsp3) is 0.250. The summed E-state index contributed by atoms with van der Waals surface area (Å²) in [5.74, 6) is 1.02. The molecule has 0 spiro atoms. The Balaban J connectivity index is 1.17. The minimum absolute atomic E-state index is 0.0921. The molecule has 3 aliphatic heterocycles. The third-order valence-corrected chi connectivity index (χ3v) is 7.75. The lowest BCUT2D eigenvalue weighted by molar-refractivity contribution is -0.115. The van der Waals surface area contributed by atoms with Gasteiger partial charge in [0.2, 0.25) is 11.8 Å². The molecule has 6 rings (SSSR count). The summed E-state index contributed by atoms with van der Waals surface area (Å²) < 4.78 is 6.00. The summed E-state index contributed by atoms with van der Waals surface area (Å²) in [5.41, 5.74) is 2.26.